The van der Waals surface area contributed by atoms with Crippen molar-refractivity contribution in [2.75, 3.05) is 0 Å². The highest BCUT2D eigenvalue weighted by Gasteiger charge is 2.11. The molecule has 0 aliphatic rings. The van der Waals surface area contributed by atoms with Crippen LogP contribution < -0.4 is 0 Å². The summed E-state index contributed by atoms with van der Waals surface area (Å²) in [6.45, 7) is 4.49. The van der Waals surface area contributed by atoms with Crippen LogP contribution in [0, 0.1) is 0 Å². The van der Waals surface area contributed by atoms with E-state index in [0.717, 1.165) is 23.4 Å². The molecule has 2 aromatic heterocycles. The molecule has 0 aliphatic carbocycles. The molecule has 3 heteroatoms. The Labute approximate surface area is 174 Å². The summed E-state index contributed by atoms with van der Waals surface area (Å²) in [7, 11) is 0. The van der Waals surface area contributed by atoms with Gasteiger partial charge in [-0.25, -0.2) is 0 Å². The van der Waals surface area contributed by atoms with E-state index >= 15 is 0 Å². The Morgan fingerprint density at radius 1 is 0.786 bits per heavy atom. The highest BCUT2D eigenvalue weighted by molar-refractivity contribution is 7.15. The Morgan fingerprint density at radius 3 is 2.29 bits per heavy atom. The molecule has 0 saturated carbocycles. The molecule has 2 nitrogen and oxygen atoms in total. The fraction of sp³-hybridized carbons (Fsp3) is 0.480. The zero-order chi connectivity index (χ0) is 19.6. The number of nitrogens with zero attached hydrogens (tertiary/aromatic N) is 1. The minimum absolute atomic E-state index is 0.850. The van der Waals surface area contributed by atoms with Crippen molar-refractivity contribution in [3.8, 4) is 21.9 Å². The van der Waals surface area contributed by atoms with E-state index in [9.17, 15) is 0 Å². The largest absolute Gasteiger partial charge is 0.356 e. The maximum absolute atomic E-state index is 5.62. The molecule has 0 spiro atoms. The third-order valence-electron chi connectivity index (χ3n) is 5.23. The Balaban J connectivity index is 1.50. The lowest BCUT2D eigenvalue weighted by Gasteiger charge is -2.03. The summed E-state index contributed by atoms with van der Waals surface area (Å²) in [6.07, 6.45) is 13.0. The summed E-state index contributed by atoms with van der Waals surface area (Å²) >= 11 is 1.82. The van der Waals surface area contributed by atoms with Crippen molar-refractivity contribution in [3.05, 3.63) is 52.9 Å². The van der Waals surface area contributed by atoms with Crippen LogP contribution in [-0.4, -0.2) is 5.16 Å². The van der Waals surface area contributed by atoms with Gasteiger partial charge in [0, 0.05) is 16.5 Å². The number of thiophene rings is 1. The first-order valence-electron chi connectivity index (χ1n) is 10.9. The number of aryl methyl sites for hydroxylation is 2. The van der Waals surface area contributed by atoms with Gasteiger partial charge in [-0.05, 0) is 37.0 Å². The van der Waals surface area contributed by atoms with Crippen LogP contribution in [0.5, 0.6) is 0 Å². The molecular formula is C25H33NOS. The van der Waals surface area contributed by atoms with Gasteiger partial charge in [-0.3, -0.25) is 0 Å². The molecule has 0 radical (unpaired) electrons. The Hall–Kier alpha value is -1.87. The fourth-order valence-electron chi connectivity index (χ4n) is 3.55. The van der Waals surface area contributed by atoms with Gasteiger partial charge in [-0.15, -0.1) is 11.3 Å². The average Bonchev–Trinajstić information content (AvgIpc) is 3.38. The molecule has 0 amide bonds. The number of rotatable bonds is 12. The molecular weight excluding hydrogens is 362 g/mol. The first-order chi connectivity index (χ1) is 13.8. The van der Waals surface area contributed by atoms with E-state index in [1.807, 2.05) is 11.3 Å². The SMILES string of the molecule is CCCCCCCCCc1ccc(-c2cc(-c3ccc(CCC)s3)no2)cc1. The van der Waals surface area contributed by atoms with Crippen molar-refractivity contribution in [1.29, 1.82) is 0 Å². The minimum atomic E-state index is 0.850. The number of hydrogen-bond donors (Lipinski definition) is 0. The highest BCUT2D eigenvalue weighted by Crippen LogP contribution is 2.31. The third kappa shape index (κ3) is 6.07. The number of hydrogen-bond acceptors (Lipinski definition) is 3. The van der Waals surface area contributed by atoms with Gasteiger partial charge in [0.1, 0.15) is 5.69 Å². The molecule has 3 aromatic rings. The highest BCUT2D eigenvalue weighted by atomic mass is 32.1. The van der Waals surface area contributed by atoms with Crippen molar-refractivity contribution < 1.29 is 4.52 Å². The van der Waals surface area contributed by atoms with Gasteiger partial charge in [0.2, 0.25) is 0 Å². The second-order valence-corrected chi connectivity index (χ2v) is 8.83. The smallest absolute Gasteiger partial charge is 0.167 e. The molecule has 0 saturated heterocycles. The lowest BCUT2D eigenvalue weighted by molar-refractivity contribution is 0.435. The van der Waals surface area contributed by atoms with Crippen LogP contribution in [0.4, 0.5) is 0 Å². The summed E-state index contributed by atoms with van der Waals surface area (Å²) in [5.74, 6) is 0.850. The topological polar surface area (TPSA) is 26.0 Å². The maximum atomic E-state index is 5.62. The predicted molar refractivity (Wildman–Crippen MR) is 121 cm³/mol. The zero-order valence-corrected chi connectivity index (χ0v) is 18.2. The first-order valence-corrected chi connectivity index (χ1v) is 11.8. The average molecular weight is 396 g/mol. The summed E-state index contributed by atoms with van der Waals surface area (Å²) in [4.78, 5) is 2.60. The maximum Gasteiger partial charge on any atom is 0.167 e. The van der Waals surface area contributed by atoms with E-state index in [-0.39, 0.29) is 0 Å². The lowest BCUT2D eigenvalue weighted by atomic mass is 10.0. The standard InChI is InChI=1S/C25H33NOS/c1-3-5-6-7-8-9-10-12-20-13-15-21(16-14-20)24-19-23(26-27-24)25-18-17-22(28-25)11-4-2/h13-19H,3-12H2,1-2H3. The summed E-state index contributed by atoms with van der Waals surface area (Å²) in [5.41, 5.74) is 3.46. The van der Waals surface area contributed by atoms with E-state index in [1.165, 1.54) is 73.1 Å². The second kappa shape index (κ2) is 11.2. The van der Waals surface area contributed by atoms with Crippen LogP contribution in [0.1, 0.15) is 75.7 Å². The van der Waals surface area contributed by atoms with Crippen LogP contribution in [0.25, 0.3) is 21.9 Å². The van der Waals surface area contributed by atoms with E-state index in [2.05, 4.69) is 61.5 Å². The number of aromatic nitrogens is 1. The van der Waals surface area contributed by atoms with Crippen molar-refractivity contribution in [2.45, 2.75) is 78.1 Å². The van der Waals surface area contributed by atoms with E-state index in [1.54, 1.807) is 0 Å². The van der Waals surface area contributed by atoms with Gasteiger partial charge in [0.05, 0.1) is 4.88 Å². The summed E-state index contributed by atoms with van der Waals surface area (Å²) in [5, 5.41) is 4.29. The van der Waals surface area contributed by atoms with Crippen LogP contribution in [0.3, 0.4) is 0 Å². The van der Waals surface area contributed by atoms with Gasteiger partial charge in [-0.2, -0.15) is 0 Å². The van der Waals surface area contributed by atoms with Crippen LogP contribution >= 0.6 is 11.3 Å². The molecule has 0 unspecified atom stereocenters. The Bertz CT molecular complexity index is 815. The molecule has 0 aliphatic heterocycles. The monoisotopic (exact) mass is 395 g/mol. The quantitative estimate of drug-likeness (QED) is 0.288. The van der Waals surface area contributed by atoms with Crippen LogP contribution in [0.2, 0.25) is 0 Å². The number of benzene rings is 1. The first kappa shape index (κ1) is 20.9. The lowest BCUT2D eigenvalue weighted by Crippen LogP contribution is -1.86. The minimum Gasteiger partial charge on any atom is -0.356 e. The van der Waals surface area contributed by atoms with Crippen molar-refractivity contribution in [1.82, 2.24) is 5.16 Å². The molecule has 1 aromatic carbocycles. The molecule has 28 heavy (non-hydrogen) atoms. The van der Waals surface area contributed by atoms with Crippen molar-refractivity contribution >= 4 is 11.3 Å². The molecule has 2 heterocycles. The Kier molecular flexibility index (Phi) is 8.35. The summed E-state index contributed by atoms with van der Waals surface area (Å²) in [6, 6.07) is 15.2. The predicted octanol–water partition coefficient (Wildman–Crippen LogP) is 8.32. The van der Waals surface area contributed by atoms with Crippen LogP contribution in [-0.2, 0) is 12.8 Å². The van der Waals surface area contributed by atoms with Gasteiger partial charge in [-0.1, -0.05) is 88.2 Å². The van der Waals surface area contributed by atoms with Gasteiger partial charge < -0.3 is 4.52 Å². The van der Waals surface area contributed by atoms with E-state index in [0.29, 0.717) is 0 Å². The fourth-order valence-corrected chi connectivity index (χ4v) is 4.61. The Morgan fingerprint density at radius 2 is 1.54 bits per heavy atom. The molecule has 0 bridgehead atoms. The van der Waals surface area contributed by atoms with Crippen molar-refractivity contribution in [2.24, 2.45) is 0 Å². The summed E-state index contributed by atoms with van der Waals surface area (Å²) < 4.78 is 5.62. The molecule has 0 atom stereocenters. The third-order valence-corrected chi connectivity index (χ3v) is 6.40. The normalized spacial score (nSPS) is 11.2. The molecule has 0 fully saturated rings. The van der Waals surface area contributed by atoms with Gasteiger partial charge in [0.15, 0.2) is 5.76 Å². The second-order valence-electron chi connectivity index (χ2n) is 7.66. The van der Waals surface area contributed by atoms with Crippen LogP contribution in [0.15, 0.2) is 47.0 Å². The van der Waals surface area contributed by atoms with E-state index < -0.39 is 0 Å². The zero-order valence-electron chi connectivity index (χ0n) is 17.4. The van der Waals surface area contributed by atoms with Gasteiger partial charge in [0.25, 0.3) is 0 Å². The molecule has 0 N–H and O–H groups in total. The molecule has 3 rings (SSSR count). The molecule has 150 valence electrons. The van der Waals surface area contributed by atoms with Crippen molar-refractivity contribution in [3.63, 3.8) is 0 Å². The van der Waals surface area contributed by atoms with E-state index in [4.69, 9.17) is 4.52 Å². The van der Waals surface area contributed by atoms with Gasteiger partial charge >= 0.3 is 0 Å². The number of unbranched alkanes of at least 4 members (excludes halogenated alkanes) is 6.